The predicted molar refractivity (Wildman–Crippen MR) is 57.5 cm³/mol. The van der Waals surface area contributed by atoms with E-state index in [1.54, 1.807) is 5.57 Å². The quantitative estimate of drug-likeness (QED) is 0.560. The van der Waals surface area contributed by atoms with Crippen molar-refractivity contribution in [1.29, 1.82) is 0 Å². The van der Waals surface area contributed by atoms with Crippen LogP contribution in [0.3, 0.4) is 0 Å². The van der Waals surface area contributed by atoms with Gasteiger partial charge < -0.3 is 0 Å². The Labute approximate surface area is 82.4 Å². The fourth-order valence-electron chi connectivity index (χ4n) is 3.65. The first-order valence-electron chi connectivity index (χ1n) is 5.75. The minimum Gasteiger partial charge on any atom is -0.0819 e. The molecule has 0 aromatic carbocycles. The average Bonchev–Trinajstić information content (AvgIpc) is 2.03. The Kier molecular flexibility index (Phi) is 2.05. The lowest BCUT2D eigenvalue weighted by molar-refractivity contribution is -0.0413. The molecule has 0 spiro atoms. The van der Waals surface area contributed by atoms with Gasteiger partial charge in [0, 0.05) is 0 Å². The highest BCUT2D eigenvalue weighted by molar-refractivity contribution is 5.23. The molecule has 13 heavy (non-hydrogen) atoms. The standard InChI is InChI=1S/C13H22/c1-5-6-10-7-9(2)11-8-12(10)13(11,3)4/h7,10-12H,5-6,8H2,1-4H3. The van der Waals surface area contributed by atoms with Gasteiger partial charge in [-0.15, -0.1) is 0 Å². The lowest BCUT2D eigenvalue weighted by atomic mass is 9.46. The van der Waals surface area contributed by atoms with E-state index in [0.717, 1.165) is 17.8 Å². The van der Waals surface area contributed by atoms with E-state index in [0.29, 0.717) is 5.41 Å². The van der Waals surface area contributed by atoms with Crippen LogP contribution in [0.5, 0.6) is 0 Å². The van der Waals surface area contributed by atoms with Gasteiger partial charge in [0.1, 0.15) is 0 Å². The molecule has 74 valence electrons. The molecule has 0 amide bonds. The van der Waals surface area contributed by atoms with Crippen molar-refractivity contribution in [3.05, 3.63) is 11.6 Å². The molecule has 0 heterocycles. The van der Waals surface area contributed by atoms with Crippen LogP contribution in [0.1, 0.15) is 47.0 Å². The molecule has 0 aromatic rings. The van der Waals surface area contributed by atoms with Crippen LogP contribution in [0.15, 0.2) is 11.6 Å². The molecule has 0 heteroatoms. The van der Waals surface area contributed by atoms with Crippen molar-refractivity contribution in [2.24, 2.45) is 23.2 Å². The minimum absolute atomic E-state index is 0.610. The van der Waals surface area contributed by atoms with E-state index >= 15 is 0 Å². The normalized spacial score (nSPS) is 40.9. The molecule has 3 aliphatic rings. The van der Waals surface area contributed by atoms with E-state index in [1.807, 2.05) is 0 Å². The topological polar surface area (TPSA) is 0 Å². The van der Waals surface area contributed by atoms with Crippen LogP contribution in [0.2, 0.25) is 0 Å². The van der Waals surface area contributed by atoms with Crippen LogP contribution in [0.25, 0.3) is 0 Å². The van der Waals surface area contributed by atoms with Crippen molar-refractivity contribution in [1.82, 2.24) is 0 Å². The highest BCUT2D eigenvalue weighted by atomic mass is 14.6. The smallest absolute Gasteiger partial charge is 0.0149 e. The lowest BCUT2D eigenvalue weighted by Crippen LogP contribution is -2.51. The molecule has 3 atom stereocenters. The predicted octanol–water partition coefficient (Wildman–Crippen LogP) is 4.02. The van der Waals surface area contributed by atoms with Crippen molar-refractivity contribution < 1.29 is 0 Å². The summed E-state index contributed by atoms with van der Waals surface area (Å²) in [6.45, 7) is 9.57. The summed E-state index contributed by atoms with van der Waals surface area (Å²) in [5.74, 6) is 2.79. The number of hydrogen-bond acceptors (Lipinski definition) is 0. The molecular weight excluding hydrogens is 156 g/mol. The van der Waals surface area contributed by atoms with Gasteiger partial charge in [-0.05, 0) is 42.9 Å². The zero-order chi connectivity index (χ0) is 9.64. The van der Waals surface area contributed by atoms with Gasteiger partial charge >= 0.3 is 0 Å². The van der Waals surface area contributed by atoms with E-state index in [9.17, 15) is 0 Å². The number of allylic oxidation sites excluding steroid dienone is 2. The molecule has 0 saturated heterocycles. The van der Waals surface area contributed by atoms with Crippen LogP contribution >= 0.6 is 0 Å². The summed E-state index contributed by atoms with van der Waals surface area (Å²) in [4.78, 5) is 0. The van der Waals surface area contributed by atoms with Gasteiger partial charge in [0.15, 0.2) is 0 Å². The fraction of sp³-hybridized carbons (Fsp3) is 0.846. The highest BCUT2D eigenvalue weighted by Crippen LogP contribution is 2.61. The molecular formula is C13H22. The van der Waals surface area contributed by atoms with Crippen LogP contribution < -0.4 is 0 Å². The summed E-state index contributed by atoms with van der Waals surface area (Å²) in [6.07, 6.45) is 6.78. The Hall–Kier alpha value is -0.260. The Bertz CT molecular complexity index is 234. The lowest BCUT2D eigenvalue weighted by Gasteiger charge is -2.59. The van der Waals surface area contributed by atoms with Gasteiger partial charge in [0.2, 0.25) is 0 Å². The molecule has 0 aromatic heterocycles. The second kappa shape index (κ2) is 2.87. The second-order valence-corrected chi connectivity index (χ2v) is 5.58. The zero-order valence-corrected chi connectivity index (χ0v) is 9.43. The van der Waals surface area contributed by atoms with Crippen molar-refractivity contribution in [3.63, 3.8) is 0 Å². The van der Waals surface area contributed by atoms with Gasteiger partial charge in [-0.3, -0.25) is 0 Å². The van der Waals surface area contributed by atoms with Gasteiger partial charge in [-0.1, -0.05) is 38.8 Å². The number of fused-ring (bicyclic) bond motifs is 1. The van der Waals surface area contributed by atoms with Crippen LogP contribution in [0.4, 0.5) is 0 Å². The summed E-state index contributed by atoms with van der Waals surface area (Å²) in [7, 11) is 0. The summed E-state index contributed by atoms with van der Waals surface area (Å²) in [5.41, 5.74) is 2.28. The second-order valence-electron chi connectivity index (χ2n) is 5.58. The Morgan fingerprint density at radius 2 is 2.15 bits per heavy atom. The maximum Gasteiger partial charge on any atom is -0.0149 e. The van der Waals surface area contributed by atoms with E-state index < -0.39 is 0 Å². The third-order valence-corrected chi connectivity index (χ3v) is 4.51. The SMILES string of the molecule is CCCC1C=C(C)C2CC1C2(C)C. The first kappa shape index (κ1) is 9.30. The van der Waals surface area contributed by atoms with Crippen molar-refractivity contribution in [2.75, 3.05) is 0 Å². The van der Waals surface area contributed by atoms with E-state index in [2.05, 4.69) is 33.8 Å². The zero-order valence-electron chi connectivity index (χ0n) is 9.43. The first-order valence-corrected chi connectivity index (χ1v) is 5.75. The molecule has 1 fully saturated rings. The summed E-state index contributed by atoms with van der Waals surface area (Å²) in [6, 6.07) is 0. The largest absolute Gasteiger partial charge is 0.0819 e. The molecule has 0 nitrogen and oxygen atoms in total. The Morgan fingerprint density at radius 1 is 1.46 bits per heavy atom. The molecule has 2 bridgehead atoms. The Morgan fingerprint density at radius 3 is 2.62 bits per heavy atom. The number of rotatable bonds is 2. The van der Waals surface area contributed by atoms with Crippen molar-refractivity contribution in [3.8, 4) is 0 Å². The minimum atomic E-state index is 0.610. The third-order valence-electron chi connectivity index (χ3n) is 4.51. The monoisotopic (exact) mass is 178 g/mol. The molecule has 0 radical (unpaired) electrons. The van der Waals surface area contributed by atoms with Crippen LogP contribution in [-0.2, 0) is 0 Å². The van der Waals surface area contributed by atoms with Gasteiger partial charge in [0.05, 0.1) is 0 Å². The maximum atomic E-state index is 2.56. The third kappa shape index (κ3) is 1.18. The fourth-order valence-corrected chi connectivity index (χ4v) is 3.65. The van der Waals surface area contributed by atoms with Crippen molar-refractivity contribution >= 4 is 0 Å². The highest BCUT2D eigenvalue weighted by Gasteiger charge is 2.53. The molecule has 3 rings (SSSR count). The van der Waals surface area contributed by atoms with Crippen LogP contribution in [-0.4, -0.2) is 0 Å². The summed E-state index contributed by atoms with van der Waals surface area (Å²) < 4.78 is 0. The molecule has 1 saturated carbocycles. The maximum absolute atomic E-state index is 2.56. The first-order chi connectivity index (χ1) is 6.07. The molecule has 3 unspecified atom stereocenters. The van der Waals surface area contributed by atoms with Crippen molar-refractivity contribution in [2.45, 2.75) is 47.0 Å². The average molecular weight is 178 g/mol. The van der Waals surface area contributed by atoms with E-state index in [-0.39, 0.29) is 0 Å². The van der Waals surface area contributed by atoms with Gasteiger partial charge in [0.25, 0.3) is 0 Å². The van der Waals surface area contributed by atoms with E-state index in [1.165, 1.54) is 19.3 Å². The molecule has 0 aliphatic heterocycles. The number of hydrogen-bond donors (Lipinski definition) is 0. The van der Waals surface area contributed by atoms with E-state index in [4.69, 9.17) is 0 Å². The summed E-state index contributed by atoms with van der Waals surface area (Å²) >= 11 is 0. The van der Waals surface area contributed by atoms with Crippen LogP contribution in [0, 0.1) is 23.2 Å². The van der Waals surface area contributed by atoms with Gasteiger partial charge in [-0.25, -0.2) is 0 Å². The Balaban J connectivity index is 2.20. The summed E-state index contributed by atoms with van der Waals surface area (Å²) in [5, 5.41) is 0. The van der Waals surface area contributed by atoms with Gasteiger partial charge in [-0.2, -0.15) is 0 Å². The molecule has 3 aliphatic carbocycles. The molecule has 0 N–H and O–H groups in total.